The second-order valence-corrected chi connectivity index (χ2v) is 6.84. The summed E-state index contributed by atoms with van der Waals surface area (Å²) in [5.74, 6) is -1.04. The van der Waals surface area contributed by atoms with E-state index in [-0.39, 0.29) is 11.9 Å². The third-order valence-electron chi connectivity index (χ3n) is 5.19. The number of benzene rings is 2. The Bertz CT molecular complexity index is 1250. The molecule has 1 saturated heterocycles. The Hall–Kier alpha value is -3.49. The zero-order valence-corrected chi connectivity index (χ0v) is 14.7. The molecule has 0 atom stereocenters. The number of aromatic nitrogens is 3. The van der Waals surface area contributed by atoms with Gasteiger partial charge in [0.2, 0.25) is 0 Å². The Balaban J connectivity index is 1.36. The minimum Gasteiger partial charge on any atom is -0.408 e. The summed E-state index contributed by atoms with van der Waals surface area (Å²) in [6, 6.07) is 8.90. The van der Waals surface area contributed by atoms with Crippen LogP contribution in [0.15, 0.2) is 50.2 Å². The molecule has 2 aromatic carbocycles. The lowest BCUT2D eigenvalue weighted by atomic mass is 10.0. The molecule has 2 aromatic heterocycles. The standard InChI is InChI=1S/C19H15FN4O4/c20-12-2-4-17-16(10-12)24(19(26)27-17)13-5-7-23(8-6-13)18(25)11-1-3-14-15(9-11)22-28-21-14/h1-4,9-10,13H,5-8H2. The number of carbonyl (C=O) groups excluding carboxylic acids is 1. The predicted octanol–water partition coefficient (Wildman–Crippen LogP) is 2.75. The highest BCUT2D eigenvalue weighted by Crippen LogP contribution is 2.27. The molecule has 0 radical (unpaired) electrons. The molecule has 1 aliphatic rings. The second kappa shape index (κ2) is 6.29. The molecule has 0 spiro atoms. The van der Waals surface area contributed by atoms with Gasteiger partial charge >= 0.3 is 5.76 Å². The zero-order valence-electron chi connectivity index (χ0n) is 14.7. The molecule has 8 nitrogen and oxygen atoms in total. The lowest BCUT2D eigenvalue weighted by Crippen LogP contribution is -2.40. The molecule has 3 heterocycles. The van der Waals surface area contributed by atoms with Gasteiger partial charge in [0.1, 0.15) is 16.9 Å². The topological polar surface area (TPSA) is 94.4 Å². The van der Waals surface area contributed by atoms with Crippen LogP contribution in [-0.4, -0.2) is 38.8 Å². The summed E-state index contributed by atoms with van der Waals surface area (Å²) in [5.41, 5.74) is 2.43. The summed E-state index contributed by atoms with van der Waals surface area (Å²) >= 11 is 0. The van der Waals surface area contributed by atoms with Crippen molar-refractivity contribution in [3.8, 4) is 0 Å². The number of fused-ring (bicyclic) bond motifs is 2. The van der Waals surface area contributed by atoms with Crippen molar-refractivity contribution in [1.82, 2.24) is 19.8 Å². The highest BCUT2D eigenvalue weighted by atomic mass is 19.1. The number of amides is 1. The van der Waals surface area contributed by atoms with Crippen LogP contribution in [0.3, 0.4) is 0 Å². The number of likely N-dealkylation sites (tertiary alicyclic amines) is 1. The average Bonchev–Trinajstić information content (AvgIpc) is 3.30. The van der Waals surface area contributed by atoms with E-state index in [0.29, 0.717) is 53.6 Å². The first-order valence-electron chi connectivity index (χ1n) is 8.92. The van der Waals surface area contributed by atoms with Gasteiger partial charge in [0.25, 0.3) is 5.91 Å². The van der Waals surface area contributed by atoms with Crippen molar-refractivity contribution in [2.75, 3.05) is 13.1 Å². The lowest BCUT2D eigenvalue weighted by Gasteiger charge is -2.32. The van der Waals surface area contributed by atoms with Crippen molar-refractivity contribution in [2.45, 2.75) is 18.9 Å². The maximum atomic E-state index is 13.6. The molecule has 1 fully saturated rings. The first-order chi connectivity index (χ1) is 13.6. The molecule has 28 heavy (non-hydrogen) atoms. The molecule has 1 amide bonds. The third-order valence-corrected chi connectivity index (χ3v) is 5.19. The van der Waals surface area contributed by atoms with Gasteiger partial charge in [0.15, 0.2) is 5.58 Å². The number of hydrogen-bond donors (Lipinski definition) is 0. The molecule has 0 aliphatic carbocycles. The van der Waals surface area contributed by atoms with Crippen LogP contribution in [0.25, 0.3) is 22.1 Å². The number of nitrogens with zero attached hydrogens (tertiary/aromatic N) is 4. The predicted molar refractivity (Wildman–Crippen MR) is 96.4 cm³/mol. The quantitative estimate of drug-likeness (QED) is 0.529. The van der Waals surface area contributed by atoms with Crippen LogP contribution in [0.1, 0.15) is 29.2 Å². The molecule has 0 bridgehead atoms. The number of rotatable bonds is 2. The van der Waals surface area contributed by atoms with Gasteiger partial charge in [-0.2, -0.15) is 0 Å². The van der Waals surface area contributed by atoms with E-state index in [0.717, 1.165) is 0 Å². The van der Waals surface area contributed by atoms with E-state index in [1.807, 2.05) is 0 Å². The Morgan fingerprint density at radius 1 is 1.07 bits per heavy atom. The van der Waals surface area contributed by atoms with Gasteiger partial charge in [-0.15, -0.1) is 0 Å². The Labute approximate surface area is 157 Å². The van der Waals surface area contributed by atoms with Gasteiger partial charge in [-0.3, -0.25) is 9.36 Å². The Morgan fingerprint density at radius 3 is 2.68 bits per heavy atom. The van der Waals surface area contributed by atoms with Crippen molar-refractivity contribution in [3.05, 3.63) is 58.3 Å². The number of carbonyl (C=O) groups is 1. The number of hydrogen-bond acceptors (Lipinski definition) is 6. The molecule has 1 aliphatic heterocycles. The van der Waals surface area contributed by atoms with Gasteiger partial charge < -0.3 is 9.32 Å². The fourth-order valence-electron chi connectivity index (χ4n) is 3.78. The van der Waals surface area contributed by atoms with E-state index < -0.39 is 11.6 Å². The SMILES string of the molecule is O=C(c1ccc2nonc2c1)N1CCC(n2c(=O)oc3ccc(F)cc32)CC1. The minimum absolute atomic E-state index is 0.112. The van der Waals surface area contributed by atoms with Crippen LogP contribution < -0.4 is 5.76 Å². The molecule has 4 aromatic rings. The second-order valence-electron chi connectivity index (χ2n) is 6.84. The van der Waals surface area contributed by atoms with Crippen molar-refractivity contribution < 1.29 is 18.2 Å². The van der Waals surface area contributed by atoms with Crippen LogP contribution in [-0.2, 0) is 0 Å². The van der Waals surface area contributed by atoms with Gasteiger partial charge in [0, 0.05) is 30.8 Å². The Morgan fingerprint density at radius 2 is 1.86 bits per heavy atom. The first kappa shape index (κ1) is 16.7. The summed E-state index contributed by atoms with van der Waals surface area (Å²) in [6.07, 6.45) is 1.15. The first-order valence-corrected chi connectivity index (χ1v) is 8.92. The number of oxazole rings is 1. The average molecular weight is 382 g/mol. The fourth-order valence-corrected chi connectivity index (χ4v) is 3.78. The van der Waals surface area contributed by atoms with E-state index >= 15 is 0 Å². The minimum atomic E-state index is -0.505. The maximum Gasteiger partial charge on any atom is 0.420 e. The summed E-state index contributed by atoms with van der Waals surface area (Å²) in [7, 11) is 0. The van der Waals surface area contributed by atoms with Crippen LogP contribution in [0, 0.1) is 5.82 Å². The van der Waals surface area contributed by atoms with E-state index in [1.54, 1.807) is 23.1 Å². The molecule has 0 N–H and O–H groups in total. The van der Waals surface area contributed by atoms with E-state index in [4.69, 9.17) is 4.42 Å². The van der Waals surface area contributed by atoms with Crippen molar-refractivity contribution >= 4 is 28.0 Å². The molecule has 0 unspecified atom stereocenters. The van der Waals surface area contributed by atoms with Crippen LogP contribution in [0.5, 0.6) is 0 Å². The maximum absolute atomic E-state index is 13.6. The zero-order chi connectivity index (χ0) is 19.3. The summed E-state index contributed by atoms with van der Waals surface area (Å²) < 4.78 is 25.0. The van der Waals surface area contributed by atoms with Crippen LogP contribution in [0.4, 0.5) is 4.39 Å². The third kappa shape index (κ3) is 2.67. The van der Waals surface area contributed by atoms with Gasteiger partial charge in [-0.05, 0) is 53.5 Å². The normalized spacial score (nSPS) is 15.5. The summed E-state index contributed by atoms with van der Waals surface area (Å²) in [6.45, 7) is 0.958. The highest BCUT2D eigenvalue weighted by molar-refractivity contribution is 5.97. The lowest BCUT2D eigenvalue weighted by molar-refractivity contribution is 0.0694. The summed E-state index contributed by atoms with van der Waals surface area (Å²) in [5, 5.41) is 7.49. The summed E-state index contributed by atoms with van der Waals surface area (Å²) in [4.78, 5) is 26.8. The van der Waals surface area contributed by atoms with Gasteiger partial charge in [0.05, 0.1) is 5.52 Å². The van der Waals surface area contributed by atoms with E-state index in [9.17, 15) is 14.0 Å². The monoisotopic (exact) mass is 382 g/mol. The van der Waals surface area contributed by atoms with Crippen LogP contribution >= 0.6 is 0 Å². The molecule has 142 valence electrons. The molecular formula is C19H15FN4O4. The Kier molecular flexibility index (Phi) is 3.75. The van der Waals surface area contributed by atoms with Gasteiger partial charge in [-0.25, -0.2) is 13.8 Å². The largest absolute Gasteiger partial charge is 0.420 e. The molecule has 5 rings (SSSR count). The molecule has 0 saturated carbocycles. The van der Waals surface area contributed by atoms with Crippen molar-refractivity contribution in [1.29, 1.82) is 0 Å². The van der Waals surface area contributed by atoms with E-state index in [2.05, 4.69) is 14.9 Å². The fraction of sp³-hybridized carbons (Fsp3) is 0.263. The molecule has 9 heteroatoms. The van der Waals surface area contributed by atoms with E-state index in [1.165, 1.54) is 22.8 Å². The highest BCUT2D eigenvalue weighted by Gasteiger charge is 2.27. The van der Waals surface area contributed by atoms with Crippen molar-refractivity contribution in [2.24, 2.45) is 0 Å². The molecular weight excluding hydrogens is 367 g/mol. The number of piperidine rings is 1. The van der Waals surface area contributed by atoms with Crippen molar-refractivity contribution in [3.63, 3.8) is 0 Å². The number of halogens is 1. The smallest absolute Gasteiger partial charge is 0.408 e. The van der Waals surface area contributed by atoms with Gasteiger partial charge in [-0.1, -0.05) is 0 Å². The van der Waals surface area contributed by atoms with Crippen LogP contribution in [0.2, 0.25) is 0 Å².